The number of hydrogen-bond donors (Lipinski definition) is 1. The van der Waals surface area contributed by atoms with Crippen LogP contribution in [-0.4, -0.2) is 18.1 Å². The van der Waals surface area contributed by atoms with Gasteiger partial charge in [0.2, 0.25) is 0 Å². The minimum absolute atomic E-state index is 0.788. The van der Waals surface area contributed by atoms with E-state index >= 15 is 0 Å². The van der Waals surface area contributed by atoms with Crippen LogP contribution < -0.4 is 5.32 Å². The second kappa shape index (κ2) is 5.93. The average molecular weight is 232 g/mol. The first-order chi connectivity index (χ1) is 7.90. The van der Waals surface area contributed by atoms with Gasteiger partial charge < -0.3 is 5.32 Å². The van der Waals surface area contributed by atoms with Crippen LogP contribution in [0.3, 0.4) is 0 Å². The second-order valence-electron chi connectivity index (χ2n) is 4.13. The Morgan fingerprint density at radius 3 is 3.06 bits per heavy atom. The molecule has 0 aromatic heterocycles. The normalized spacial score (nSPS) is 19.6. The third-order valence-electron chi connectivity index (χ3n) is 2.91. The Hall–Kier alpha value is -0.980. The Labute approximate surface area is 101 Å². The summed E-state index contributed by atoms with van der Waals surface area (Å²) in [5.41, 5.74) is 1.89. The zero-order valence-electron chi connectivity index (χ0n) is 9.28. The van der Waals surface area contributed by atoms with Crippen molar-refractivity contribution in [1.29, 1.82) is 5.26 Å². The van der Waals surface area contributed by atoms with E-state index in [9.17, 15) is 0 Å². The van der Waals surface area contributed by atoms with E-state index in [1.165, 1.54) is 17.9 Å². The smallest absolute Gasteiger partial charge is 0.0995 e. The topological polar surface area (TPSA) is 35.8 Å². The highest BCUT2D eigenvalue weighted by atomic mass is 32.2. The molecule has 1 atom stereocenters. The Balaban J connectivity index is 1.82. The molecule has 1 heterocycles. The van der Waals surface area contributed by atoms with E-state index < -0.39 is 0 Å². The first-order valence-corrected chi connectivity index (χ1v) is 6.82. The highest BCUT2D eigenvalue weighted by Gasteiger charge is 2.14. The fourth-order valence-electron chi connectivity index (χ4n) is 1.94. The van der Waals surface area contributed by atoms with Crippen LogP contribution in [0.1, 0.15) is 17.5 Å². The van der Waals surface area contributed by atoms with Crippen molar-refractivity contribution in [3.05, 3.63) is 35.4 Å². The molecule has 3 heteroatoms. The molecule has 1 saturated heterocycles. The first kappa shape index (κ1) is 11.5. The molecule has 1 unspecified atom stereocenters. The molecule has 1 N–H and O–H groups in total. The van der Waals surface area contributed by atoms with Crippen LogP contribution in [0.5, 0.6) is 0 Å². The maximum Gasteiger partial charge on any atom is 0.0995 e. The summed E-state index contributed by atoms with van der Waals surface area (Å²) in [5, 5.41) is 12.4. The maximum absolute atomic E-state index is 8.95. The lowest BCUT2D eigenvalue weighted by atomic mass is 10.1. The summed E-state index contributed by atoms with van der Waals surface area (Å²) in [6.07, 6.45) is 1.33. The molecule has 1 aliphatic rings. The van der Waals surface area contributed by atoms with Gasteiger partial charge in [0, 0.05) is 6.54 Å². The van der Waals surface area contributed by atoms with Crippen molar-refractivity contribution >= 4 is 11.8 Å². The molecule has 1 aliphatic heterocycles. The predicted molar refractivity (Wildman–Crippen MR) is 68.3 cm³/mol. The summed E-state index contributed by atoms with van der Waals surface area (Å²) in [6.45, 7) is 1.89. The van der Waals surface area contributed by atoms with Crippen molar-refractivity contribution in [2.75, 3.05) is 18.1 Å². The molecule has 1 aromatic carbocycles. The van der Waals surface area contributed by atoms with E-state index in [4.69, 9.17) is 5.26 Å². The van der Waals surface area contributed by atoms with Crippen LogP contribution in [-0.2, 0) is 6.54 Å². The number of hydrogen-bond acceptors (Lipinski definition) is 3. The van der Waals surface area contributed by atoms with Gasteiger partial charge in [-0.3, -0.25) is 0 Å². The molecule has 1 fully saturated rings. The predicted octanol–water partition coefficient (Wildman–Crippen LogP) is 2.40. The molecule has 0 spiro atoms. The van der Waals surface area contributed by atoms with E-state index in [1.54, 1.807) is 0 Å². The molecule has 2 nitrogen and oxygen atoms in total. The van der Waals surface area contributed by atoms with Crippen LogP contribution in [0.4, 0.5) is 0 Å². The van der Waals surface area contributed by atoms with Gasteiger partial charge in [0.15, 0.2) is 0 Å². The van der Waals surface area contributed by atoms with Crippen molar-refractivity contribution in [1.82, 2.24) is 5.32 Å². The monoisotopic (exact) mass is 232 g/mol. The molecule has 0 saturated carbocycles. The van der Waals surface area contributed by atoms with E-state index in [0.717, 1.165) is 30.1 Å². The number of rotatable bonds is 4. The van der Waals surface area contributed by atoms with Gasteiger partial charge in [0.25, 0.3) is 0 Å². The molecule has 16 heavy (non-hydrogen) atoms. The zero-order chi connectivity index (χ0) is 11.2. The lowest BCUT2D eigenvalue weighted by molar-refractivity contribution is 0.523. The summed E-state index contributed by atoms with van der Waals surface area (Å²) in [7, 11) is 0. The molecule has 0 amide bonds. The van der Waals surface area contributed by atoms with Gasteiger partial charge >= 0.3 is 0 Å². The standard InChI is InChI=1S/C13H16N2S/c14-7-12-3-1-2-4-13(12)9-15-8-11-5-6-16-10-11/h1-4,11,15H,5-6,8-10H2. The van der Waals surface area contributed by atoms with Gasteiger partial charge in [-0.25, -0.2) is 0 Å². The van der Waals surface area contributed by atoms with Gasteiger partial charge in [-0.1, -0.05) is 18.2 Å². The summed E-state index contributed by atoms with van der Waals surface area (Å²) >= 11 is 2.04. The third-order valence-corrected chi connectivity index (χ3v) is 4.14. The molecular formula is C13H16N2S. The molecule has 1 aromatic rings. The number of nitriles is 1. The highest BCUT2D eigenvalue weighted by molar-refractivity contribution is 7.99. The van der Waals surface area contributed by atoms with Crippen LogP contribution in [0.2, 0.25) is 0 Å². The fraction of sp³-hybridized carbons (Fsp3) is 0.462. The number of nitrogens with one attached hydrogen (secondary N) is 1. The second-order valence-corrected chi connectivity index (χ2v) is 5.28. The summed E-state index contributed by atoms with van der Waals surface area (Å²) in [6, 6.07) is 10.0. The van der Waals surface area contributed by atoms with Gasteiger partial charge in [0.05, 0.1) is 11.6 Å². The molecule has 0 bridgehead atoms. The van der Waals surface area contributed by atoms with E-state index in [2.05, 4.69) is 11.4 Å². The summed E-state index contributed by atoms with van der Waals surface area (Å²) in [4.78, 5) is 0. The Kier molecular flexibility index (Phi) is 4.26. The first-order valence-electron chi connectivity index (χ1n) is 5.66. The molecular weight excluding hydrogens is 216 g/mol. The minimum atomic E-state index is 0.788. The zero-order valence-corrected chi connectivity index (χ0v) is 10.1. The quantitative estimate of drug-likeness (QED) is 0.866. The Morgan fingerprint density at radius 1 is 1.44 bits per heavy atom. The van der Waals surface area contributed by atoms with Crippen LogP contribution in [0.15, 0.2) is 24.3 Å². The average Bonchev–Trinajstić information content (AvgIpc) is 2.83. The minimum Gasteiger partial charge on any atom is -0.312 e. The van der Waals surface area contributed by atoms with E-state index in [0.29, 0.717) is 0 Å². The Bertz CT molecular complexity index is 378. The van der Waals surface area contributed by atoms with Crippen LogP contribution in [0, 0.1) is 17.2 Å². The van der Waals surface area contributed by atoms with Gasteiger partial charge in [-0.05, 0) is 42.0 Å². The van der Waals surface area contributed by atoms with Gasteiger partial charge in [-0.15, -0.1) is 0 Å². The third kappa shape index (κ3) is 3.01. The lowest BCUT2D eigenvalue weighted by Gasteiger charge is -2.10. The number of benzene rings is 1. The largest absolute Gasteiger partial charge is 0.312 e. The summed E-state index contributed by atoms with van der Waals surface area (Å²) in [5.74, 6) is 3.41. The molecule has 2 rings (SSSR count). The van der Waals surface area contributed by atoms with Crippen molar-refractivity contribution in [2.24, 2.45) is 5.92 Å². The molecule has 0 radical (unpaired) electrons. The molecule has 84 valence electrons. The van der Waals surface area contributed by atoms with Gasteiger partial charge in [0.1, 0.15) is 0 Å². The highest BCUT2D eigenvalue weighted by Crippen LogP contribution is 2.22. The van der Waals surface area contributed by atoms with Crippen molar-refractivity contribution < 1.29 is 0 Å². The maximum atomic E-state index is 8.95. The van der Waals surface area contributed by atoms with E-state index in [-0.39, 0.29) is 0 Å². The molecule has 0 aliphatic carbocycles. The van der Waals surface area contributed by atoms with Crippen molar-refractivity contribution in [2.45, 2.75) is 13.0 Å². The lowest BCUT2D eigenvalue weighted by Crippen LogP contribution is -2.22. The number of thioether (sulfide) groups is 1. The summed E-state index contributed by atoms with van der Waals surface area (Å²) < 4.78 is 0. The van der Waals surface area contributed by atoms with E-state index in [1.807, 2.05) is 36.0 Å². The van der Waals surface area contributed by atoms with Gasteiger partial charge in [-0.2, -0.15) is 17.0 Å². The Morgan fingerprint density at radius 2 is 2.31 bits per heavy atom. The fourth-order valence-corrected chi connectivity index (χ4v) is 3.22. The van der Waals surface area contributed by atoms with Crippen LogP contribution >= 0.6 is 11.8 Å². The van der Waals surface area contributed by atoms with Crippen molar-refractivity contribution in [3.8, 4) is 6.07 Å². The SMILES string of the molecule is N#Cc1ccccc1CNCC1CCSC1. The van der Waals surface area contributed by atoms with Crippen LogP contribution in [0.25, 0.3) is 0 Å². The van der Waals surface area contributed by atoms with Crippen molar-refractivity contribution in [3.63, 3.8) is 0 Å². The number of nitrogens with zero attached hydrogens (tertiary/aromatic N) is 1.